The highest BCUT2D eigenvalue weighted by molar-refractivity contribution is 6.31. The lowest BCUT2D eigenvalue weighted by molar-refractivity contribution is -0.148. The van der Waals surface area contributed by atoms with Crippen molar-refractivity contribution in [1.29, 1.82) is 0 Å². The number of fused-ring (bicyclic) bond motifs is 3. The van der Waals surface area contributed by atoms with Gasteiger partial charge in [-0.3, -0.25) is 4.79 Å². The van der Waals surface area contributed by atoms with Gasteiger partial charge in [-0.1, -0.05) is 11.6 Å². The van der Waals surface area contributed by atoms with E-state index in [1.54, 1.807) is 0 Å². The zero-order valence-electron chi connectivity index (χ0n) is 13.2. The number of rotatable bonds is 3. The molecular weight excluding hydrogens is 300 g/mol. The monoisotopic (exact) mass is 320 g/mol. The summed E-state index contributed by atoms with van der Waals surface area (Å²) in [5.41, 5.74) is 3.57. The lowest BCUT2D eigenvalue weighted by Crippen LogP contribution is -2.29. The number of ether oxygens (including phenoxy) is 1. The molecule has 0 saturated heterocycles. The summed E-state index contributed by atoms with van der Waals surface area (Å²) < 4.78 is 7.40. The van der Waals surface area contributed by atoms with Gasteiger partial charge in [-0.05, 0) is 51.1 Å². The van der Waals surface area contributed by atoms with Crippen molar-refractivity contribution in [3.05, 3.63) is 34.5 Å². The molecule has 22 heavy (non-hydrogen) atoms. The van der Waals surface area contributed by atoms with E-state index in [0.717, 1.165) is 35.4 Å². The highest BCUT2D eigenvalue weighted by Crippen LogP contribution is 2.32. The number of likely N-dealkylation sites (N-methyl/N-ethyl adjacent to an activating group) is 1. The van der Waals surface area contributed by atoms with Crippen LogP contribution in [-0.4, -0.2) is 35.1 Å². The van der Waals surface area contributed by atoms with Gasteiger partial charge in [0, 0.05) is 34.7 Å². The van der Waals surface area contributed by atoms with Gasteiger partial charge in [0.15, 0.2) is 0 Å². The van der Waals surface area contributed by atoms with Crippen LogP contribution in [0.2, 0.25) is 5.02 Å². The Balaban J connectivity index is 2.07. The molecule has 0 spiro atoms. The van der Waals surface area contributed by atoms with E-state index in [0.29, 0.717) is 0 Å². The summed E-state index contributed by atoms with van der Waals surface area (Å²) in [7, 11) is 2.10. The third kappa shape index (κ3) is 2.85. The number of carbonyl (C=O) groups is 1. The van der Waals surface area contributed by atoms with Gasteiger partial charge in [-0.2, -0.15) is 0 Å². The number of esters is 1. The van der Waals surface area contributed by atoms with Crippen LogP contribution in [0.15, 0.2) is 18.2 Å². The van der Waals surface area contributed by atoms with Gasteiger partial charge in [0.1, 0.15) is 6.54 Å². The van der Waals surface area contributed by atoms with E-state index in [2.05, 4.69) is 16.5 Å². The van der Waals surface area contributed by atoms with Gasteiger partial charge in [-0.25, -0.2) is 0 Å². The Morgan fingerprint density at radius 1 is 1.41 bits per heavy atom. The van der Waals surface area contributed by atoms with Gasteiger partial charge in [0.2, 0.25) is 0 Å². The van der Waals surface area contributed by atoms with E-state index < -0.39 is 0 Å². The first-order valence-corrected chi connectivity index (χ1v) is 8.01. The molecule has 0 N–H and O–H groups in total. The van der Waals surface area contributed by atoms with E-state index in [9.17, 15) is 4.79 Å². The highest BCUT2D eigenvalue weighted by Gasteiger charge is 2.24. The Morgan fingerprint density at radius 3 is 2.91 bits per heavy atom. The molecule has 3 rings (SSSR count). The zero-order chi connectivity index (χ0) is 15.9. The van der Waals surface area contributed by atoms with Crippen molar-refractivity contribution in [2.75, 3.05) is 13.6 Å². The third-order valence-electron chi connectivity index (χ3n) is 4.07. The van der Waals surface area contributed by atoms with Crippen molar-refractivity contribution in [2.24, 2.45) is 0 Å². The summed E-state index contributed by atoms with van der Waals surface area (Å²) in [6.45, 7) is 5.86. The zero-order valence-corrected chi connectivity index (χ0v) is 14.0. The van der Waals surface area contributed by atoms with Gasteiger partial charge in [0.25, 0.3) is 0 Å². The van der Waals surface area contributed by atoms with Gasteiger partial charge in [-0.15, -0.1) is 0 Å². The van der Waals surface area contributed by atoms with Gasteiger partial charge >= 0.3 is 5.97 Å². The smallest absolute Gasteiger partial charge is 0.326 e. The van der Waals surface area contributed by atoms with Crippen molar-refractivity contribution in [3.63, 3.8) is 0 Å². The molecule has 2 heterocycles. The van der Waals surface area contributed by atoms with Crippen molar-refractivity contribution in [2.45, 2.75) is 39.5 Å². The second-order valence-electron chi connectivity index (χ2n) is 6.20. The van der Waals surface area contributed by atoms with Crippen LogP contribution >= 0.6 is 11.6 Å². The maximum Gasteiger partial charge on any atom is 0.326 e. The normalized spacial score (nSPS) is 15.3. The summed E-state index contributed by atoms with van der Waals surface area (Å²) in [5.74, 6) is -0.196. The molecule has 5 heteroatoms. The summed E-state index contributed by atoms with van der Waals surface area (Å²) in [6.07, 6.45) is 0.886. The third-order valence-corrected chi connectivity index (χ3v) is 4.30. The largest absolute Gasteiger partial charge is 0.462 e. The fraction of sp³-hybridized carbons (Fsp3) is 0.471. The number of nitrogens with zero attached hydrogens (tertiary/aromatic N) is 2. The molecule has 118 valence electrons. The minimum absolute atomic E-state index is 0.0951. The van der Waals surface area contributed by atoms with Crippen molar-refractivity contribution < 1.29 is 9.53 Å². The number of carbonyl (C=O) groups excluding carboxylic acids is 1. The van der Waals surface area contributed by atoms with Crippen LogP contribution < -0.4 is 0 Å². The van der Waals surface area contributed by atoms with Gasteiger partial charge < -0.3 is 14.2 Å². The number of aromatic nitrogens is 1. The Morgan fingerprint density at radius 2 is 2.18 bits per heavy atom. The molecule has 0 unspecified atom stereocenters. The van der Waals surface area contributed by atoms with Crippen LogP contribution in [0.3, 0.4) is 0 Å². The Bertz CT molecular complexity index is 721. The molecule has 0 amide bonds. The van der Waals surface area contributed by atoms with Crippen LogP contribution in [0.4, 0.5) is 0 Å². The fourth-order valence-electron chi connectivity index (χ4n) is 3.16. The minimum Gasteiger partial charge on any atom is -0.462 e. The Hall–Kier alpha value is -1.52. The lowest BCUT2D eigenvalue weighted by Gasteiger charge is -2.24. The molecule has 1 aliphatic rings. The quantitative estimate of drug-likeness (QED) is 0.814. The number of hydrogen-bond donors (Lipinski definition) is 0. The van der Waals surface area contributed by atoms with E-state index in [1.165, 1.54) is 11.3 Å². The summed E-state index contributed by atoms with van der Waals surface area (Å²) in [4.78, 5) is 14.4. The van der Waals surface area contributed by atoms with Crippen LogP contribution in [0, 0.1) is 0 Å². The standard InChI is InChI=1S/C17H21ClN2O2/c1-11(2)22-17(21)10-20-15-5-4-12(18)8-14(15)13-6-7-19(3)9-16(13)20/h4-5,8,11H,6-7,9-10H2,1-3H3. The van der Waals surface area contributed by atoms with Crippen LogP contribution in [0.5, 0.6) is 0 Å². The minimum atomic E-state index is -0.196. The second-order valence-corrected chi connectivity index (χ2v) is 6.64. The number of benzene rings is 1. The maximum atomic E-state index is 12.1. The molecule has 2 aromatic rings. The molecular formula is C17H21ClN2O2. The maximum absolute atomic E-state index is 12.1. The fourth-order valence-corrected chi connectivity index (χ4v) is 3.33. The molecule has 4 nitrogen and oxygen atoms in total. The molecule has 1 aliphatic heterocycles. The summed E-state index contributed by atoms with van der Waals surface area (Å²) in [5, 5.41) is 1.89. The lowest BCUT2D eigenvalue weighted by atomic mass is 10.0. The van der Waals surface area contributed by atoms with Crippen molar-refractivity contribution in [3.8, 4) is 0 Å². The molecule has 0 radical (unpaired) electrons. The van der Waals surface area contributed by atoms with E-state index >= 15 is 0 Å². The van der Waals surface area contributed by atoms with Crippen LogP contribution in [0.25, 0.3) is 10.9 Å². The van der Waals surface area contributed by atoms with E-state index in [-0.39, 0.29) is 18.6 Å². The number of hydrogen-bond acceptors (Lipinski definition) is 3. The first kappa shape index (κ1) is 15.4. The molecule has 1 aromatic carbocycles. The Labute approximate surface area is 135 Å². The first-order valence-electron chi connectivity index (χ1n) is 7.63. The molecule has 0 aliphatic carbocycles. The van der Waals surface area contributed by atoms with E-state index in [1.807, 2.05) is 32.0 Å². The Kier molecular flexibility index (Phi) is 4.15. The highest BCUT2D eigenvalue weighted by atomic mass is 35.5. The molecule has 0 bridgehead atoms. The van der Waals surface area contributed by atoms with Crippen molar-refractivity contribution >= 4 is 28.5 Å². The molecule has 0 fully saturated rings. The van der Waals surface area contributed by atoms with Gasteiger partial charge in [0.05, 0.1) is 6.10 Å². The van der Waals surface area contributed by atoms with Crippen LogP contribution in [-0.2, 0) is 29.0 Å². The summed E-state index contributed by atoms with van der Waals surface area (Å²) >= 11 is 6.16. The predicted molar refractivity (Wildman–Crippen MR) is 88.2 cm³/mol. The average molecular weight is 321 g/mol. The number of halogens is 1. The SMILES string of the molecule is CC(C)OC(=O)Cn1c2c(c3cc(Cl)ccc31)CCN(C)C2. The van der Waals surface area contributed by atoms with Crippen molar-refractivity contribution in [1.82, 2.24) is 9.47 Å². The first-order chi connectivity index (χ1) is 10.5. The summed E-state index contributed by atoms with van der Waals surface area (Å²) in [6, 6.07) is 5.88. The molecule has 0 atom stereocenters. The predicted octanol–water partition coefficient (Wildman–Crippen LogP) is 3.23. The molecule has 1 aromatic heterocycles. The van der Waals surface area contributed by atoms with Crippen LogP contribution in [0.1, 0.15) is 25.1 Å². The molecule has 0 saturated carbocycles. The van der Waals surface area contributed by atoms with E-state index in [4.69, 9.17) is 16.3 Å². The average Bonchev–Trinajstić information content (AvgIpc) is 2.71. The second kappa shape index (κ2) is 5.94. The topological polar surface area (TPSA) is 34.5 Å².